The van der Waals surface area contributed by atoms with Crippen LogP contribution in [0.1, 0.15) is 194 Å². The molecule has 0 aromatic heterocycles. The first-order valence-corrected chi connectivity index (χ1v) is 29.9. The molecule has 0 heterocycles. The lowest BCUT2D eigenvalue weighted by Crippen LogP contribution is -2.28. The van der Waals surface area contributed by atoms with Crippen molar-refractivity contribution in [1.29, 1.82) is 0 Å². The van der Waals surface area contributed by atoms with Crippen molar-refractivity contribution < 1.29 is 24.2 Å². The van der Waals surface area contributed by atoms with Gasteiger partial charge in [0.25, 0.3) is 0 Å². The first-order chi connectivity index (χ1) is 38.6. The average molecular weight is 1060 g/mol. The summed E-state index contributed by atoms with van der Waals surface area (Å²) in [7, 11) is 0. The summed E-state index contributed by atoms with van der Waals surface area (Å²) in [4.78, 5) is 24.5. The van der Waals surface area contributed by atoms with Crippen LogP contribution in [0.4, 0.5) is 0 Å². The lowest BCUT2D eigenvalue weighted by atomic mass is 10.1. The molecule has 0 fully saturated rings. The zero-order valence-electron chi connectivity index (χ0n) is 48.8. The van der Waals surface area contributed by atoms with Gasteiger partial charge in [0.05, 0.1) is 6.61 Å². The number of ether oxygens (including phenoxy) is 2. The molecule has 1 unspecified atom stereocenters. The molecule has 5 heteroatoms. The summed E-state index contributed by atoms with van der Waals surface area (Å²) in [6, 6.07) is 0. The molecule has 0 saturated carbocycles. The first kappa shape index (κ1) is 72.0. The molecule has 0 saturated heterocycles. The van der Waals surface area contributed by atoms with E-state index >= 15 is 0 Å². The highest BCUT2D eigenvalue weighted by molar-refractivity contribution is 5.70. The largest absolute Gasteiger partial charge is 0.462 e. The predicted octanol–water partition coefficient (Wildman–Crippen LogP) is 21.0. The number of allylic oxidation sites excluding steroid dienone is 38. The summed E-state index contributed by atoms with van der Waals surface area (Å²) in [6.07, 6.45) is 109. The monoisotopic (exact) mass is 1060 g/mol. The zero-order valence-corrected chi connectivity index (χ0v) is 48.8. The molecule has 0 aliphatic heterocycles. The first-order valence-electron chi connectivity index (χ1n) is 29.9. The third-order valence-electron chi connectivity index (χ3n) is 11.5. The Bertz CT molecular complexity index is 1970. The third kappa shape index (κ3) is 62.5. The fourth-order valence-corrected chi connectivity index (χ4v) is 7.04. The summed E-state index contributed by atoms with van der Waals surface area (Å²) in [5, 5.41) is 9.65. The lowest BCUT2D eigenvalue weighted by Gasteiger charge is -2.15. The molecule has 0 rings (SSSR count). The van der Waals surface area contributed by atoms with E-state index in [0.29, 0.717) is 12.8 Å². The molecule has 0 spiro atoms. The van der Waals surface area contributed by atoms with E-state index in [1.807, 2.05) is 0 Å². The lowest BCUT2D eigenvalue weighted by molar-refractivity contribution is -0.161. The van der Waals surface area contributed by atoms with Gasteiger partial charge >= 0.3 is 11.9 Å². The van der Waals surface area contributed by atoms with E-state index in [0.717, 1.165) is 161 Å². The van der Waals surface area contributed by atoms with Crippen molar-refractivity contribution in [3.8, 4) is 0 Å². The summed E-state index contributed by atoms with van der Waals surface area (Å²) in [6.45, 7) is 3.82. The van der Waals surface area contributed by atoms with E-state index in [-0.39, 0.29) is 31.6 Å². The van der Waals surface area contributed by atoms with Crippen LogP contribution in [0.15, 0.2) is 231 Å². The number of aliphatic hydroxyl groups excluding tert-OH is 1. The van der Waals surface area contributed by atoms with E-state index in [2.05, 4.69) is 245 Å². The fraction of sp³-hybridized carbons (Fsp3) is 0.452. The van der Waals surface area contributed by atoms with Gasteiger partial charge in [0.2, 0.25) is 0 Å². The van der Waals surface area contributed by atoms with E-state index in [9.17, 15) is 14.7 Å². The standard InChI is InChI=1S/C73H106O5/c1-3-5-7-9-11-13-15-17-19-21-23-25-27-29-30-31-32-33-34-35-36-37-38-39-40-41-42-44-46-48-50-52-54-56-58-60-62-64-66-68-73(76)78-71(69-74)70-77-72(75)67-65-63-61-59-57-55-53-51-49-47-45-43-28-26-24-22-20-18-16-14-12-10-8-6-4-2/h5-8,11-14,17-20,23-26,29-30,32-33,35-36,38-39,41-43,45-46,48-49,51-52,54-55,57-58,60,71,74H,3-4,9-10,15-16,21-22,27-28,31,34,37,40,44,47,50,53,56,59,61-70H2,1-2H3/b7-5-,8-6-,13-11-,14-12-,19-17-,20-18-,25-23-,26-24-,30-29-,33-32-,36-35-,39-38-,42-41-,45-43-,48-46-,51-49-,54-52-,57-55-,60-58-. The second-order valence-electron chi connectivity index (χ2n) is 18.6. The highest BCUT2D eigenvalue weighted by atomic mass is 16.6. The molecule has 0 aliphatic carbocycles. The maximum absolute atomic E-state index is 12.3. The Hall–Kier alpha value is -6.04. The number of hydrogen-bond donors (Lipinski definition) is 1. The van der Waals surface area contributed by atoms with Crippen molar-refractivity contribution in [2.75, 3.05) is 13.2 Å². The van der Waals surface area contributed by atoms with Gasteiger partial charge in [0.1, 0.15) is 6.61 Å². The van der Waals surface area contributed by atoms with E-state index in [1.54, 1.807) is 0 Å². The van der Waals surface area contributed by atoms with Crippen LogP contribution in [-0.4, -0.2) is 36.4 Å². The highest BCUT2D eigenvalue weighted by Crippen LogP contribution is 2.09. The number of esters is 2. The Balaban J connectivity index is 3.77. The van der Waals surface area contributed by atoms with Crippen molar-refractivity contribution in [2.45, 2.75) is 200 Å². The number of hydrogen-bond acceptors (Lipinski definition) is 5. The molecular weight excluding hydrogens is 957 g/mol. The Labute approximate surface area is 477 Å². The van der Waals surface area contributed by atoms with Gasteiger partial charge < -0.3 is 14.6 Å². The maximum Gasteiger partial charge on any atom is 0.306 e. The molecule has 0 aliphatic rings. The molecule has 1 N–H and O–H groups in total. The Morgan fingerprint density at radius 2 is 0.513 bits per heavy atom. The number of carbonyl (C=O) groups is 2. The minimum atomic E-state index is -0.831. The van der Waals surface area contributed by atoms with Gasteiger partial charge in [-0.25, -0.2) is 0 Å². The van der Waals surface area contributed by atoms with Gasteiger partial charge in [-0.15, -0.1) is 0 Å². The molecule has 1 atom stereocenters. The summed E-state index contributed by atoms with van der Waals surface area (Å²) in [5.41, 5.74) is 0. The molecule has 428 valence electrons. The van der Waals surface area contributed by atoms with Gasteiger partial charge in [0.15, 0.2) is 6.10 Å². The molecule has 0 aromatic rings. The minimum absolute atomic E-state index is 0.119. The van der Waals surface area contributed by atoms with Crippen LogP contribution in [0, 0.1) is 0 Å². The number of aliphatic hydroxyl groups is 1. The molecule has 0 amide bonds. The van der Waals surface area contributed by atoms with Crippen LogP contribution >= 0.6 is 0 Å². The Morgan fingerprint density at radius 1 is 0.295 bits per heavy atom. The van der Waals surface area contributed by atoms with E-state index < -0.39 is 6.10 Å². The van der Waals surface area contributed by atoms with Gasteiger partial charge in [0, 0.05) is 12.8 Å². The van der Waals surface area contributed by atoms with Crippen molar-refractivity contribution in [3.63, 3.8) is 0 Å². The van der Waals surface area contributed by atoms with Crippen LogP contribution in [-0.2, 0) is 19.1 Å². The summed E-state index contributed by atoms with van der Waals surface area (Å²) in [5.74, 6) is -0.703. The minimum Gasteiger partial charge on any atom is -0.462 e. The summed E-state index contributed by atoms with van der Waals surface area (Å²) < 4.78 is 10.6. The molecule has 0 aromatic carbocycles. The van der Waals surface area contributed by atoms with Crippen LogP contribution in [0.2, 0.25) is 0 Å². The quantitative estimate of drug-likeness (QED) is 0.0373. The van der Waals surface area contributed by atoms with Crippen LogP contribution in [0.3, 0.4) is 0 Å². The summed E-state index contributed by atoms with van der Waals surface area (Å²) >= 11 is 0. The number of rotatable bonds is 51. The molecule has 5 nitrogen and oxygen atoms in total. The van der Waals surface area contributed by atoms with Gasteiger partial charge in [-0.2, -0.15) is 0 Å². The Kier molecular flexibility index (Phi) is 60.2. The van der Waals surface area contributed by atoms with Crippen molar-refractivity contribution in [3.05, 3.63) is 231 Å². The van der Waals surface area contributed by atoms with Crippen LogP contribution < -0.4 is 0 Å². The van der Waals surface area contributed by atoms with E-state index in [4.69, 9.17) is 9.47 Å². The molecule has 78 heavy (non-hydrogen) atoms. The van der Waals surface area contributed by atoms with E-state index in [1.165, 1.54) is 0 Å². The second-order valence-corrected chi connectivity index (χ2v) is 18.6. The maximum atomic E-state index is 12.3. The second kappa shape index (κ2) is 65.2. The topological polar surface area (TPSA) is 72.8 Å². The highest BCUT2D eigenvalue weighted by Gasteiger charge is 2.16. The van der Waals surface area contributed by atoms with Gasteiger partial charge in [-0.05, 0) is 161 Å². The fourth-order valence-electron chi connectivity index (χ4n) is 7.04. The molecule has 0 radical (unpaired) electrons. The zero-order chi connectivity index (χ0) is 56.2. The predicted molar refractivity (Wildman–Crippen MR) is 342 cm³/mol. The molecular formula is C73H106O5. The smallest absolute Gasteiger partial charge is 0.306 e. The van der Waals surface area contributed by atoms with Gasteiger partial charge in [-0.3, -0.25) is 9.59 Å². The van der Waals surface area contributed by atoms with Crippen LogP contribution in [0.25, 0.3) is 0 Å². The number of carbonyl (C=O) groups excluding carboxylic acids is 2. The van der Waals surface area contributed by atoms with Crippen molar-refractivity contribution in [2.24, 2.45) is 0 Å². The van der Waals surface area contributed by atoms with Gasteiger partial charge in [-0.1, -0.05) is 251 Å². The average Bonchev–Trinajstić information content (AvgIpc) is 3.44. The number of unbranched alkanes of at least 4 members (excludes halogenated alkanes) is 5. The molecule has 0 bridgehead atoms. The van der Waals surface area contributed by atoms with Crippen molar-refractivity contribution in [1.82, 2.24) is 0 Å². The normalized spacial score (nSPS) is 13.9. The van der Waals surface area contributed by atoms with Crippen LogP contribution in [0.5, 0.6) is 0 Å². The van der Waals surface area contributed by atoms with Crippen molar-refractivity contribution >= 4 is 11.9 Å². The third-order valence-corrected chi connectivity index (χ3v) is 11.5. The SMILES string of the molecule is CC/C=C\C/C=C\C/C=C\C/C=C\C/C=C\C/C=C\C/C=C\C/C=C\C/C=C\C/C=C\C/C=C\C/C=C\CCCCC(=O)OC(CO)COC(=O)CCCCC/C=C\C/C=C\C/C=C\C/C=C\C/C=C\C/C=C\C/C=C\CC. The Morgan fingerprint density at radius 3 is 0.769 bits per heavy atom.